The van der Waals surface area contributed by atoms with Crippen LogP contribution in [0, 0.1) is 5.41 Å². The molecule has 0 fully saturated rings. The largest absolute Gasteiger partial charge is 0.303 e. The van der Waals surface area contributed by atoms with Gasteiger partial charge in [-0.1, -0.05) is 24.9 Å². The number of halogens is 1. The summed E-state index contributed by atoms with van der Waals surface area (Å²) in [4.78, 5) is 8.33. The average Bonchev–Trinajstić information content (AvgIpc) is 2.28. The van der Waals surface area contributed by atoms with Gasteiger partial charge in [0.1, 0.15) is 6.33 Å². The summed E-state index contributed by atoms with van der Waals surface area (Å²) < 4.78 is 0. The molecular formula is C12H12ClN3. The number of hydrogen-bond donors (Lipinski definition) is 1. The Bertz CT molecular complexity index is 537. The van der Waals surface area contributed by atoms with E-state index in [4.69, 9.17) is 17.0 Å². The Labute approximate surface area is 99.0 Å². The fourth-order valence-electron chi connectivity index (χ4n) is 1.64. The zero-order valence-electron chi connectivity index (χ0n) is 9.00. The van der Waals surface area contributed by atoms with Gasteiger partial charge >= 0.3 is 0 Å². The highest BCUT2D eigenvalue weighted by molar-refractivity contribution is 6.31. The Balaban J connectivity index is 2.58. The van der Waals surface area contributed by atoms with E-state index in [9.17, 15) is 0 Å². The third kappa shape index (κ3) is 2.04. The number of aromatic nitrogens is 2. The highest BCUT2D eigenvalue weighted by atomic mass is 35.5. The van der Waals surface area contributed by atoms with Crippen molar-refractivity contribution in [3.63, 3.8) is 0 Å². The zero-order valence-corrected chi connectivity index (χ0v) is 9.75. The quantitative estimate of drug-likeness (QED) is 0.826. The summed E-state index contributed by atoms with van der Waals surface area (Å²) in [7, 11) is 0. The summed E-state index contributed by atoms with van der Waals surface area (Å²) in [6, 6.07) is 5.47. The molecule has 0 unspecified atom stereocenters. The molecule has 0 saturated heterocycles. The average molecular weight is 234 g/mol. The molecule has 1 aromatic carbocycles. The molecule has 3 nitrogen and oxygen atoms in total. The molecule has 1 N–H and O–H groups in total. The van der Waals surface area contributed by atoms with Crippen LogP contribution in [0.1, 0.15) is 25.5 Å². The number of fused-ring (bicyclic) bond motifs is 1. The van der Waals surface area contributed by atoms with E-state index in [0.29, 0.717) is 16.4 Å². The number of hydrogen-bond acceptors (Lipinski definition) is 3. The Morgan fingerprint density at radius 3 is 2.94 bits per heavy atom. The van der Waals surface area contributed by atoms with Crippen molar-refractivity contribution in [1.82, 2.24) is 9.97 Å². The van der Waals surface area contributed by atoms with Crippen molar-refractivity contribution in [2.45, 2.75) is 19.8 Å². The molecule has 0 aliphatic carbocycles. The SMILES string of the molecule is CCCC(=N)c1ncnc2cc(Cl)ccc12. The topological polar surface area (TPSA) is 49.6 Å². The van der Waals surface area contributed by atoms with Gasteiger partial charge < -0.3 is 5.41 Å². The molecular weight excluding hydrogens is 222 g/mol. The van der Waals surface area contributed by atoms with Gasteiger partial charge in [0.25, 0.3) is 0 Å². The van der Waals surface area contributed by atoms with E-state index in [-0.39, 0.29) is 0 Å². The van der Waals surface area contributed by atoms with Gasteiger partial charge in [0.15, 0.2) is 0 Å². The normalized spacial score (nSPS) is 10.6. The smallest absolute Gasteiger partial charge is 0.116 e. The second-order valence-corrected chi connectivity index (χ2v) is 4.05. The van der Waals surface area contributed by atoms with Gasteiger partial charge in [0.05, 0.1) is 16.9 Å². The standard InChI is InChI=1S/C12H12ClN3/c1-2-3-10(14)12-9-5-4-8(13)6-11(9)15-7-16-12/h4-7,14H,2-3H2,1H3. The first-order chi connectivity index (χ1) is 7.72. The maximum atomic E-state index is 7.94. The van der Waals surface area contributed by atoms with Crippen LogP contribution in [-0.4, -0.2) is 15.7 Å². The monoisotopic (exact) mass is 233 g/mol. The van der Waals surface area contributed by atoms with Crippen molar-refractivity contribution in [2.75, 3.05) is 0 Å². The van der Waals surface area contributed by atoms with Gasteiger partial charge in [-0.05, 0) is 24.6 Å². The summed E-state index contributed by atoms with van der Waals surface area (Å²) in [6.45, 7) is 2.05. The van der Waals surface area contributed by atoms with E-state index in [0.717, 1.165) is 23.7 Å². The van der Waals surface area contributed by atoms with Crippen LogP contribution >= 0.6 is 11.6 Å². The molecule has 0 radical (unpaired) electrons. The molecule has 0 amide bonds. The van der Waals surface area contributed by atoms with Crippen LogP contribution in [0.2, 0.25) is 5.02 Å². The summed E-state index contributed by atoms with van der Waals surface area (Å²) >= 11 is 5.90. The summed E-state index contributed by atoms with van der Waals surface area (Å²) in [5.41, 5.74) is 2.05. The molecule has 0 aliphatic rings. The molecule has 4 heteroatoms. The van der Waals surface area contributed by atoms with Crippen molar-refractivity contribution < 1.29 is 0 Å². The van der Waals surface area contributed by atoms with Gasteiger partial charge in [-0.15, -0.1) is 0 Å². The van der Waals surface area contributed by atoms with Gasteiger partial charge in [0, 0.05) is 10.4 Å². The molecule has 0 spiro atoms. The van der Waals surface area contributed by atoms with Crippen molar-refractivity contribution in [3.05, 3.63) is 35.2 Å². The van der Waals surface area contributed by atoms with Crippen LogP contribution in [0.4, 0.5) is 0 Å². The van der Waals surface area contributed by atoms with Crippen LogP contribution < -0.4 is 0 Å². The van der Waals surface area contributed by atoms with E-state index in [1.54, 1.807) is 12.1 Å². The van der Waals surface area contributed by atoms with Crippen molar-refractivity contribution in [2.24, 2.45) is 0 Å². The van der Waals surface area contributed by atoms with Gasteiger partial charge in [-0.3, -0.25) is 0 Å². The molecule has 2 aromatic rings. The fourth-order valence-corrected chi connectivity index (χ4v) is 1.81. The van der Waals surface area contributed by atoms with Crippen molar-refractivity contribution in [1.29, 1.82) is 5.41 Å². The number of rotatable bonds is 3. The molecule has 16 heavy (non-hydrogen) atoms. The van der Waals surface area contributed by atoms with E-state index in [1.807, 2.05) is 6.07 Å². The second-order valence-electron chi connectivity index (χ2n) is 3.61. The first-order valence-electron chi connectivity index (χ1n) is 5.20. The van der Waals surface area contributed by atoms with Crippen LogP contribution in [0.25, 0.3) is 10.9 Å². The Morgan fingerprint density at radius 2 is 2.19 bits per heavy atom. The minimum absolute atomic E-state index is 0.553. The van der Waals surface area contributed by atoms with Crippen LogP contribution in [0.15, 0.2) is 24.5 Å². The molecule has 0 bridgehead atoms. The molecule has 82 valence electrons. The van der Waals surface area contributed by atoms with E-state index in [2.05, 4.69) is 16.9 Å². The van der Waals surface area contributed by atoms with E-state index in [1.165, 1.54) is 6.33 Å². The minimum atomic E-state index is 0.553. The first kappa shape index (κ1) is 11.0. The Morgan fingerprint density at radius 1 is 1.38 bits per heavy atom. The second kappa shape index (κ2) is 4.58. The maximum Gasteiger partial charge on any atom is 0.116 e. The lowest BCUT2D eigenvalue weighted by atomic mass is 10.1. The van der Waals surface area contributed by atoms with Crippen LogP contribution in [0.3, 0.4) is 0 Å². The summed E-state index contributed by atoms with van der Waals surface area (Å²) in [5, 5.41) is 9.49. The molecule has 0 aliphatic heterocycles. The third-order valence-corrected chi connectivity index (χ3v) is 2.62. The highest BCUT2D eigenvalue weighted by Gasteiger charge is 2.08. The zero-order chi connectivity index (χ0) is 11.5. The summed E-state index contributed by atoms with van der Waals surface area (Å²) in [6.07, 6.45) is 3.16. The van der Waals surface area contributed by atoms with Crippen LogP contribution in [-0.2, 0) is 0 Å². The lowest BCUT2D eigenvalue weighted by Crippen LogP contribution is -2.03. The van der Waals surface area contributed by atoms with E-state index < -0.39 is 0 Å². The third-order valence-electron chi connectivity index (χ3n) is 2.38. The number of nitrogens with one attached hydrogen (secondary N) is 1. The van der Waals surface area contributed by atoms with Gasteiger partial charge in [0.2, 0.25) is 0 Å². The predicted octanol–water partition coefficient (Wildman–Crippen LogP) is 3.45. The lowest BCUT2D eigenvalue weighted by molar-refractivity contribution is 0.980. The summed E-state index contributed by atoms with van der Waals surface area (Å²) in [5.74, 6) is 0. The Hall–Kier alpha value is -1.48. The van der Waals surface area contributed by atoms with E-state index >= 15 is 0 Å². The molecule has 1 heterocycles. The van der Waals surface area contributed by atoms with Crippen molar-refractivity contribution >= 4 is 28.2 Å². The highest BCUT2D eigenvalue weighted by Crippen LogP contribution is 2.20. The van der Waals surface area contributed by atoms with Gasteiger partial charge in [-0.2, -0.15) is 0 Å². The Kier molecular flexibility index (Phi) is 3.15. The molecule has 2 rings (SSSR count). The predicted molar refractivity (Wildman–Crippen MR) is 66.3 cm³/mol. The first-order valence-corrected chi connectivity index (χ1v) is 5.58. The molecule has 1 aromatic heterocycles. The minimum Gasteiger partial charge on any atom is -0.303 e. The maximum absolute atomic E-state index is 7.94. The number of nitrogens with zero attached hydrogens (tertiary/aromatic N) is 2. The molecule has 0 atom stereocenters. The van der Waals surface area contributed by atoms with Gasteiger partial charge in [-0.25, -0.2) is 9.97 Å². The molecule has 0 saturated carbocycles. The van der Waals surface area contributed by atoms with Crippen LogP contribution in [0.5, 0.6) is 0 Å². The number of benzene rings is 1. The lowest BCUT2D eigenvalue weighted by Gasteiger charge is -2.05. The van der Waals surface area contributed by atoms with Crippen molar-refractivity contribution in [3.8, 4) is 0 Å². The fraction of sp³-hybridized carbons (Fsp3) is 0.250.